The van der Waals surface area contributed by atoms with Crippen molar-refractivity contribution in [3.05, 3.63) is 17.9 Å². The molecule has 0 amide bonds. The topological polar surface area (TPSA) is 81.9 Å². The van der Waals surface area contributed by atoms with Crippen LogP contribution in [-0.2, 0) is 0 Å². The molecule has 0 radical (unpaired) electrons. The largest absolute Gasteiger partial charge is 0.462 e. The summed E-state index contributed by atoms with van der Waals surface area (Å²) < 4.78 is 6.77. The lowest BCUT2D eigenvalue weighted by Crippen LogP contribution is -2.20. The van der Waals surface area contributed by atoms with Gasteiger partial charge in [-0.15, -0.1) is 0 Å². The molecular weight excluding hydrogens is 258 g/mol. The van der Waals surface area contributed by atoms with Gasteiger partial charge in [0, 0.05) is 6.54 Å². The molecule has 0 aliphatic heterocycles. The average molecular weight is 270 g/mol. The molecule has 0 saturated carbocycles. The minimum Gasteiger partial charge on any atom is -0.462 e. The number of likely N-dealkylation sites (N-methyl/N-ethyl adjacent to an activating group) is 1. The molecule has 0 unspecified atom stereocenters. The van der Waals surface area contributed by atoms with Gasteiger partial charge in [0.05, 0.1) is 0 Å². The highest BCUT2D eigenvalue weighted by Crippen LogP contribution is 2.10. The molecule has 2 heterocycles. The molecule has 0 saturated heterocycles. The van der Waals surface area contributed by atoms with Crippen LogP contribution in [0.4, 0.5) is 0 Å². The van der Waals surface area contributed by atoms with Gasteiger partial charge in [-0.2, -0.15) is 24.7 Å². The van der Waals surface area contributed by atoms with Crippen LogP contribution < -0.4 is 4.74 Å². The van der Waals surface area contributed by atoms with Crippen LogP contribution in [0, 0.1) is 0 Å². The zero-order valence-corrected chi connectivity index (χ0v) is 10.7. The lowest BCUT2D eigenvalue weighted by Gasteiger charge is -2.10. The van der Waals surface area contributed by atoms with E-state index in [1.54, 1.807) is 0 Å². The van der Waals surface area contributed by atoms with Crippen LogP contribution >= 0.6 is 11.6 Å². The molecular formula is C9H12ClN7O. The highest BCUT2D eigenvalue weighted by atomic mass is 35.5. The third-order valence-corrected chi connectivity index (χ3v) is 2.14. The highest BCUT2D eigenvalue weighted by Gasteiger charge is 2.08. The first-order valence-electron chi connectivity index (χ1n) is 5.19. The maximum Gasteiger partial charge on any atom is 0.322 e. The number of ether oxygens (including phenoxy) is 1. The Morgan fingerprint density at radius 2 is 2.17 bits per heavy atom. The van der Waals surface area contributed by atoms with Crippen molar-refractivity contribution in [2.75, 3.05) is 27.2 Å². The fraction of sp³-hybridized carbons (Fsp3) is 0.444. The summed E-state index contributed by atoms with van der Waals surface area (Å²) in [6, 6.07) is 0.169. The van der Waals surface area contributed by atoms with Crippen LogP contribution in [-0.4, -0.2) is 61.9 Å². The fourth-order valence-corrected chi connectivity index (χ4v) is 1.27. The molecule has 0 aromatic carbocycles. The normalized spacial score (nSPS) is 10.9. The van der Waals surface area contributed by atoms with Crippen LogP contribution in [0.5, 0.6) is 6.01 Å². The predicted molar refractivity (Wildman–Crippen MR) is 63.8 cm³/mol. The average Bonchev–Trinajstić information content (AvgIpc) is 2.81. The second kappa shape index (κ2) is 5.69. The third kappa shape index (κ3) is 3.34. The Hall–Kier alpha value is -1.80. The maximum atomic E-state index is 5.79. The molecule has 0 N–H and O–H groups in total. The van der Waals surface area contributed by atoms with Crippen molar-refractivity contribution in [2.45, 2.75) is 0 Å². The van der Waals surface area contributed by atoms with Gasteiger partial charge >= 0.3 is 6.01 Å². The van der Waals surface area contributed by atoms with Crippen molar-refractivity contribution in [3.63, 3.8) is 0 Å². The zero-order valence-electron chi connectivity index (χ0n) is 9.99. The number of aromatic nitrogens is 6. The first-order chi connectivity index (χ1) is 8.65. The number of rotatable bonds is 5. The van der Waals surface area contributed by atoms with Crippen LogP contribution in [0.1, 0.15) is 0 Å². The van der Waals surface area contributed by atoms with E-state index in [1.165, 1.54) is 17.3 Å². The first-order valence-corrected chi connectivity index (χ1v) is 5.57. The zero-order chi connectivity index (χ0) is 13.0. The Kier molecular flexibility index (Phi) is 4.00. The van der Waals surface area contributed by atoms with Crippen LogP contribution in [0.25, 0.3) is 5.95 Å². The van der Waals surface area contributed by atoms with E-state index in [0.29, 0.717) is 6.61 Å². The van der Waals surface area contributed by atoms with E-state index in [-0.39, 0.29) is 17.2 Å². The third-order valence-electron chi connectivity index (χ3n) is 1.97. The SMILES string of the molecule is CN(C)CCOc1nc(Cl)nc(-n2cncn2)n1. The van der Waals surface area contributed by atoms with Gasteiger partial charge in [-0.25, -0.2) is 4.98 Å². The van der Waals surface area contributed by atoms with Gasteiger partial charge in [0.1, 0.15) is 19.3 Å². The van der Waals surface area contributed by atoms with Crippen molar-refractivity contribution in [3.8, 4) is 12.0 Å². The number of halogens is 1. The summed E-state index contributed by atoms with van der Waals surface area (Å²) in [7, 11) is 3.90. The minimum absolute atomic E-state index is 0.0513. The Morgan fingerprint density at radius 3 is 2.83 bits per heavy atom. The molecule has 9 heteroatoms. The summed E-state index contributed by atoms with van der Waals surface area (Å²) in [5, 5.41) is 3.96. The fourth-order valence-electron chi connectivity index (χ4n) is 1.12. The van der Waals surface area contributed by atoms with Crippen molar-refractivity contribution in [1.29, 1.82) is 0 Å². The molecule has 0 bridgehead atoms. The first kappa shape index (κ1) is 12.7. The molecule has 2 rings (SSSR count). The number of hydrogen-bond acceptors (Lipinski definition) is 7. The van der Waals surface area contributed by atoms with Gasteiger partial charge in [0.15, 0.2) is 0 Å². The summed E-state index contributed by atoms with van der Waals surface area (Å²) in [5.41, 5.74) is 0. The molecule has 18 heavy (non-hydrogen) atoms. The summed E-state index contributed by atoms with van der Waals surface area (Å²) in [5.74, 6) is 0.271. The van der Waals surface area contributed by atoms with Gasteiger partial charge in [0.2, 0.25) is 5.28 Å². The minimum atomic E-state index is 0.0513. The van der Waals surface area contributed by atoms with Gasteiger partial charge in [-0.1, -0.05) is 0 Å². The standard InChI is InChI=1S/C9H12ClN7O/c1-16(2)3-4-18-9-14-7(10)13-8(15-9)17-6-11-5-12-17/h5-6H,3-4H2,1-2H3. The Morgan fingerprint density at radius 1 is 1.33 bits per heavy atom. The van der Waals surface area contributed by atoms with Crippen molar-refractivity contribution < 1.29 is 4.74 Å². The van der Waals surface area contributed by atoms with Gasteiger partial charge in [-0.3, -0.25) is 0 Å². The Labute approximate surface area is 109 Å². The molecule has 0 aliphatic carbocycles. The second-order valence-electron chi connectivity index (χ2n) is 3.68. The maximum absolute atomic E-state index is 5.79. The van der Waals surface area contributed by atoms with E-state index in [1.807, 2.05) is 19.0 Å². The summed E-state index contributed by atoms with van der Waals surface area (Å²) >= 11 is 5.79. The van der Waals surface area contributed by atoms with E-state index in [2.05, 4.69) is 25.0 Å². The van der Waals surface area contributed by atoms with E-state index >= 15 is 0 Å². The number of hydrogen-bond donors (Lipinski definition) is 0. The molecule has 2 aromatic rings. The summed E-state index contributed by atoms with van der Waals surface area (Å²) in [6.45, 7) is 1.21. The van der Waals surface area contributed by atoms with Crippen LogP contribution in [0.15, 0.2) is 12.7 Å². The predicted octanol–water partition coefficient (Wildman–Crippen LogP) is 0.0461. The molecule has 96 valence electrons. The molecule has 0 aliphatic rings. The van der Waals surface area contributed by atoms with Crippen molar-refractivity contribution >= 4 is 11.6 Å². The van der Waals surface area contributed by atoms with E-state index < -0.39 is 0 Å². The van der Waals surface area contributed by atoms with E-state index in [4.69, 9.17) is 16.3 Å². The monoisotopic (exact) mass is 269 g/mol. The molecule has 0 spiro atoms. The smallest absolute Gasteiger partial charge is 0.322 e. The Bertz CT molecular complexity index is 502. The second-order valence-corrected chi connectivity index (χ2v) is 4.02. The van der Waals surface area contributed by atoms with E-state index in [0.717, 1.165) is 6.54 Å². The number of nitrogens with zero attached hydrogens (tertiary/aromatic N) is 7. The molecule has 2 aromatic heterocycles. The van der Waals surface area contributed by atoms with E-state index in [9.17, 15) is 0 Å². The van der Waals surface area contributed by atoms with Crippen molar-refractivity contribution in [1.82, 2.24) is 34.6 Å². The lowest BCUT2D eigenvalue weighted by molar-refractivity contribution is 0.244. The summed E-state index contributed by atoms with van der Waals surface area (Å²) in [4.78, 5) is 17.7. The highest BCUT2D eigenvalue weighted by molar-refractivity contribution is 6.28. The van der Waals surface area contributed by atoms with Crippen LogP contribution in [0.3, 0.4) is 0 Å². The van der Waals surface area contributed by atoms with Gasteiger partial charge in [-0.05, 0) is 25.7 Å². The summed E-state index contributed by atoms with van der Waals surface area (Å²) in [6.07, 6.45) is 2.85. The Balaban J connectivity index is 2.12. The van der Waals surface area contributed by atoms with Crippen LogP contribution in [0.2, 0.25) is 5.28 Å². The van der Waals surface area contributed by atoms with Crippen molar-refractivity contribution in [2.24, 2.45) is 0 Å². The molecule has 0 atom stereocenters. The van der Waals surface area contributed by atoms with Gasteiger partial charge < -0.3 is 9.64 Å². The van der Waals surface area contributed by atoms with Gasteiger partial charge in [0.25, 0.3) is 5.95 Å². The lowest BCUT2D eigenvalue weighted by atomic mass is 10.6. The quantitative estimate of drug-likeness (QED) is 0.758. The molecule has 8 nitrogen and oxygen atoms in total. The molecule has 0 fully saturated rings.